The van der Waals surface area contributed by atoms with Gasteiger partial charge >= 0.3 is 0 Å². The molecular formula is C10H9N3O. The second-order valence-electron chi connectivity index (χ2n) is 2.92. The fourth-order valence-corrected chi connectivity index (χ4v) is 1.35. The molecule has 4 heteroatoms. The number of hydrogen-bond acceptors (Lipinski definition) is 3. The number of nitrogens with zero attached hydrogens (tertiary/aromatic N) is 3. The fraction of sp³-hybridized carbons (Fsp3) is 0.100. The lowest BCUT2D eigenvalue weighted by atomic mass is 10.2. The predicted octanol–water partition coefficient (Wildman–Crippen LogP) is 0.971. The summed E-state index contributed by atoms with van der Waals surface area (Å²) in [7, 11) is 1.61. The number of hydrogen-bond donors (Lipinski definition) is 0. The second-order valence-corrected chi connectivity index (χ2v) is 2.92. The molecule has 0 aliphatic heterocycles. The van der Waals surface area contributed by atoms with Crippen molar-refractivity contribution in [1.82, 2.24) is 14.8 Å². The largest absolute Gasteiger partial charge is 0.275 e. The third-order valence-electron chi connectivity index (χ3n) is 2.03. The van der Waals surface area contributed by atoms with Crippen molar-refractivity contribution in [3.05, 3.63) is 41.0 Å². The normalized spacial score (nSPS) is 10.4. The first kappa shape index (κ1) is 8.62. The van der Waals surface area contributed by atoms with Gasteiger partial charge in [-0.1, -0.05) is 6.58 Å². The molecule has 0 saturated carbocycles. The van der Waals surface area contributed by atoms with Crippen LogP contribution in [0.4, 0.5) is 0 Å². The Labute approximate surface area is 80.5 Å². The Bertz CT molecular complexity index is 557. The number of aryl methyl sites for hydroxylation is 1. The summed E-state index contributed by atoms with van der Waals surface area (Å²) in [5.41, 5.74) is 1.09. The van der Waals surface area contributed by atoms with Crippen LogP contribution >= 0.6 is 0 Å². The highest BCUT2D eigenvalue weighted by Crippen LogP contribution is 2.09. The molecule has 0 saturated heterocycles. The molecule has 14 heavy (non-hydrogen) atoms. The van der Waals surface area contributed by atoms with Crippen LogP contribution in [0.3, 0.4) is 0 Å². The van der Waals surface area contributed by atoms with E-state index < -0.39 is 0 Å². The van der Waals surface area contributed by atoms with E-state index in [1.807, 2.05) is 0 Å². The van der Waals surface area contributed by atoms with E-state index >= 15 is 0 Å². The van der Waals surface area contributed by atoms with Gasteiger partial charge in [-0.25, -0.2) is 4.68 Å². The fourth-order valence-electron chi connectivity index (χ4n) is 1.35. The van der Waals surface area contributed by atoms with Gasteiger partial charge in [0.15, 0.2) is 0 Å². The van der Waals surface area contributed by atoms with Crippen LogP contribution in [-0.2, 0) is 7.05 Å². The molecule has 0 aromatic carbocycles. The average Bonchev–Trinajstić information content (AvgIpc) is 2.23. The molecular weight excluding hydrogens is 178 g/mol. The standard InChI is InChI=1S/C10H9N3O/c1-3-8-9-7(5-4-6-11-9)10(14)13(2)12-8/h3-6H,1H2,2H3. The van der Waals surface area contributed by atoms with Crippen molar-refractivity contribution in [3.8, 4) is 0 Å². The molecule has 0 N–H and O–H groups in total. The third-order valence-corrected chi connectivity index (χ3v) is 2.03. The van der Waals surface area contributed by atoms with Crippen LogP contribution < -0.4 is 5.56 Å². The van der Waals surface area contributed by atoms with E-state index in [2.05, 4.69) is 16.7 Å². The summed E-state index contributed by atoms with van der Waals surface area (Å²) in [5, 5.41) is 4.61. The van der Waals surface area contributed by atoms with Gasteiger partial charge in [0.25, 0.3) is 5.56 Å². The van der Waals surface area contributed by atoms with Crippen LogP contribution in [-0.4, -0.2) is 14.8 Å². The van der Waals surface area contributed by atoms with Gasteiger partial charge in [-0.2, -0.15) is 5.10 Å². The topological polar surface area (TPSA) is 47.8 Å². The quantitative estimate of drug-likeness (QED) is 0.668. The Kier molecular flexibility index (Phi) is 1.89. The van der Waals surface area contributed by atoms with E-state index in [-0.39, 0.29) is 5.56 Å². The summed E-state index contributed by atoms with van der Waals surface area (Å²) < 4.78 is 1.29. The molecule has 4 nitrogen and oxygen atoms in total. The van der Waals surface area contributed by atoms with Crippen molar-refractivity contribution >= 4 is 17.0 Å². The summed E-state index contributed by atoms with van der Waals surface area (Å²) in [6.45, 7) is 3.63. The number of aromatic nitrogens is 3. The van der Waals surface area contributed by atoms with Crippen LogP contribution in [0.25, 0.3) is 17.0 Å². The molecule has 0 fully saturated rings. The van der Waals surface area contributed by atoms with Gasteiger partial charge in [-0.3, -0.25) is 9.78 Å². The maximum absolute atomic E-state index is 11.6. The Balaban J connectivity index is 3.04. The molecule has 0 amide bonds. The van der Waals surface area contributed by atoms with Gasteiger partial charge < -0.3 is 0 Å². The average molecular weight is 187 g/mol. The molecule has 2 aromatic rings. The molecule has 70 valence electrons. The molecule has 0 radical (unpaired) electrons. The van der Waals surface area contributed by atoms with Crippen molar-refractivity contribution in [2.24, 2.45) is 7.05 Å². The third kappa shape index (κ3) is 1.12. The molecule has 2 heterocycles. The monoisotopic (exact) mass is 187 g/mol. The molecule has 0 bridgehead atoms. The van der Waals surface area contributed by atoms with Crippen LogP contribution in [0.5, 0.6) is 0 Å². The lowest BCUT2D eigenvalue weighted by Gasteiger charge is -2.02. The van der Waals surface area contributed by atoms with Crippen molar-refractivity contribution in [2.75, 3.05) is 0 Å². The van der Waals surface area contributed by atoms with Crippen LogP contribution in [0, 0.1) is 0 Å². The van der Waals surface area contributed by atoms with Gasteiger partial charge in [-0.05, 0) is 18.2 Å². The SMILES string of the molecule is C=Cc1nn(C)c(=O)c2cccnc12. The smallest absolute Gasteiger partial charge is 0.267 e. The molecule has 0 atom stereocenters. The lowest BCUT2D eigenvalue weighted by molar-refractivity contribution is 0.713. The van der Waals surface area contributed by atoms with E-state index in [0.29, 0.717) is 16.6 Å². The first-order valence-electron chi connectivity index (χ1n) is 4.18. The van der Waals surface area contributed by atoms with Crippen LogP contribution in [0.15, 0.2) is 29.7 Å². The summed E-state index contributed by atoms with van der Waals surface area (Å²) in [4.78, 5) is 15.7. The predicted molar refractivity (Wildman–Crippen MR) is 54.9 cm³/mol. The van der Waals surface area contributed by atoms with Crippen molar-refractivity contribution < 1.29 is 0 Å². The number of pyridine rings is 1. The Morgan fingerprint density at radius 2 is 2.36 bits per heavy atom. The van der Waals surface area contributed by atoms with Gasteiger partial charge in [-0.15, -0.1) is 0 Å². The van der Waals surface area contributed by atoms with Gasteiger partial charge in [0.05, 0.1) is 5.39 Å². The first-order chi connectivity index (χ1) is 6.74. The summed E-state index contributed by atoms with van der Waals surface area (Å²) in [6.07, 6.45) is 3.23. The minimum Gasteiger partial charge on any atom is -0.267 e. The molecule has 2 aromatic heterocycles. The van der Waals surface area contributed by atoms with Crippen molar-refractivity contribution in [3.63, 3.8) is 0 Å². The van der Waals surface area contributed by atoms with Crippen LogP contribution in [0.2, 0.25) is 0 Å². The summed E-state index contributed by atoms with van der Waals surface area (Å²) >= 11 is 0. The van der Waals surface area contributed by atoms with Gasteiger partial charge in [0.1, 0.15) is 11.2 Å². The van der Waals surface area contributed by atoms with Gasteiger partial charge in [0.2, 0.25) is 0 Å². The zero-order chi connectivity index (χ0) is 10.1. The Morgan fingerprint density at radius 1 is 1.57 bits per heavy atom. The number of fused-ring (bicyclic) bond motifs is 1. The van der Waals surface area contributed by atoms with E-state index in [1.165, 1.54) is 4.68 Å². The maximum atomic E-state index is 11.6. The number of rotatable bonds is 1. The highest BCUT2D eigenvalue weighted by atomic mass is 16.1. The van der Waals surface area contributed by atoms with E-state index in [1.54, 1.807) is 31.5 Å². The second kappa shape index (κ2) is 3.06. The molecule has 0 aliphatic rings. The Morgan fingerprint density at radius 3 is 3.07 bits per heavy atom. The summed E-state index contributed by atoms with van der Waals surface area (Å²) in [6, 6.07) is 3.47. The van der Waals surface area contributed by atoms with Gasteiger partial charge in [0, 0.05) is 13.2 Å². The molecule has 0 spiro atoms. The van der Waals surface area contributed by atoms with E-state index in [0.717, 1.165) is 0 Å². The molecule has 2 rings (SSSR count). The van der Waals surface area contributed by atoms with Crippen molar-refractivity contribution in [2.45, 2.75) is 0 Å². The molecule has 0 unspecified atom stereocenters. The minimum absolute atomic E-state index is 0.140. The zero-order valence-electron chi connectivity index (χ0n) is 7.77. The maximum Gasteiger partial charge on any atom is 0.275 e. The zero-order valence-corrected chi connectivity index (χ0v) is 7.77. The minimum atomic E-state index is -0.140. The highest BCUT2D eigenvalue weighted by molar-refractivity contribution is 5.83. The Hall–Kier alpha value is -1.97. The van der Waals surface area contributed by atoms with E-state index in [9.17, 15) is 4.79 Å². The highest BCUT2D eigenvalue weighted by Gasteiger charge is 2.05. The molecule has 0 aliphatic carbocycles. The lowest BCUT2D eigenvalue weighted by Crippen LogP contribution is -2.20. The van der Waals surface area contributed by atoms with E-state index in [4.69, 9.17) is 0 Å². The summed E-state index contributed by atoms with van der Waals surface area (Å²) in [5.74, 6) is 0. The van der Waals surface area contributed by atoms with Crippen molar-refractivity contribution in [1.29, 1.82) is 0 Å². The first-order valence-corrected chi connectivity index (χ1v) is 4.18. The van der Waals surface area contributed by atoms with Crippen LogP contribution in [0.1, 0.15) is 5.69 Å².